The van der Waals surface area contributed by atoms with Crippen LogP contribution in [-0.4, -0.2) is 54.5 Å². The number of unbranched alkanes of at least 4 members (excludes halogenated alkanes) is 1. The number of hydrogen-bond acceptors (Lipinski definition) is 6. The molecule has 0 saturated carbocycles. The van der Waals surface area contributed by atoms with Crippen molar-refractivity contribution in [2.75, 3.05) is 32.1 Å². The van der Waals surface area contributed by atoms with Crippen LogP contribution in [0.4, 0.5) is 5.95 Å². The second-order valence-corrected chi connectivity index (χ2v) is 5.91. The zero-order valence-electron chi connectivity index (χ0n) is 11.2. The summed E-state index contributed by atoms with van der Waals surface area (Å²) in [7, 11) is -1.98. The van der Waals surface area contributed by atoms with Crippen molar-refractivity contribution in [2.24, 2.45) is 0 Å². The van der Waals surface area contributed by atoms with Gasteiger partial charge in [-0.25, -0.2) is 18.4 Å². The summed E-state index contributed by atoms with van der Waals surface area (Å²) in [6, 6.07) is 0. The van der Waals surface area contributed by atoms with Crippen molar-refractivity contribution < 1.29 is 13.5 Å². The SMILES string of the molecule is CCCCN(CCO)S(=O)(=O)c1cnc(NC)nc1. The summed E-state index contributed by atoms with van der Waals surface area (Å²) < 4.78 is 25.9. The van der Waals surface area contributed by atoms with E-state index in [2.05, 4.69) is 15.3 Å². The number of nitrogens with zero attached hydrogens (tertiary/aromatic N) is 3. The Morgan fingerprint density at radius 2 is 1.95 bits per heavy atom. The lowest BCUT2D eigenvalue weighted by Gasteiger charge is -2.20. The van der Waals surface area contributed by atoms with E-state index in [1.807, 2.05) is 6.92 Å². The third kappa shape index (κ3) is 4.12. The van der Waals surface area contributed by atoms with E-state index in [9.17, 15) is 8.42 Å². The van der Waals surface area contributed by atoms with Crippen LogP contribution >= 0.6 is 0 Å². The first-order chi connectivity index (χ1) is 9.06. The second kappa shape index (κ2) is 7.37. The highest BCUT2D eigenvalue weighted by molar-refractivity contribution is 7.89. The summed E-state index contributed by atoms with van der Waals surface area (Å²) >= 11 is 0. The molecule has 0 amide bonds. The first kappa shape index (κ1) is 15.8. The Labute approximate surface area is 113 Å². The molecular formula is C11H20N4O3S. The molecule has 1 heterocycles. The molecule has 0 radical (unpaired) electrons. The molecule has 0 aliphatic rings. The summed E-state index contributed by atoms with van der Waals surface area (Å²) in [6.07, 6.45) is 4.16. The van der Waals surface area contributed by atoms with Gasteiger partial charge in [0.15, 0.2) is 0 Å². The van der Waals surface area contributed by atoms with Crippen LogP contribution in [0.3, 0.4) is 0 Å². The fourth-order valence-corrected chi connectivity index (χ4v) is 2.89. The van der Waals surface area contributed by atoms with Crippen LogP contribution in [-0.2, 0) is 10.0 Å². The van der Waals surface area contributed by atoms with E-state index in [4.69, 9.17) is 5.11 Å². The van der Waals surface area contributed by atoms with Crippen molar-refractivity contribution in [1.82, 2.24) is 14.3 Å². The van der Waals surface area contributed by atoms with E-state index >= 15 is 0 Å². The first-order valence-electron chi connectivity index (χ1n) is 6.17. The molecule has 0 spiro atoms. The minimum Gasteiger partial charge on any atom is -0.395 e. The molecule has 1 aromatic heterocycles. The topological polar surface area (TPSA) is 95.4 Å². The average molecular weight is 288 g/mol. The fraction of sp³-hybridized carbons (Fsp3) is 0.636. The van der Waals surface area contributed by atoms with Crippen LogP contribution < -0.4 is 5.32 Å². The highest BCUT2D eigenvalue weighted by atomic mass is 32.2. The second-order valence-electron chi connectivity index (χ2n) is 3.97. The maximum atomic E-state index is 12.3. The third-order valence-corrected chi connectivity index (χ3v) is 4.45. The molecule has 0 bridgehead atoms. The van der Waals surface area contributed by atoms with Crippen molar-refractivity contribution in [2.45, 2.75) is 24.7 Å². The van der Waals surface area contributed by atoms with Gasteiger partial charge in [-0.2, -0.15) is 4.31 Å². The maximum absolute atomic E-state index is 12.3. The van der Waals surface area contributed by atoms with Gasteiger partial charge in [0.2, 0.25) is 16.0 Å². The molecule has 1 rings (SSSR count). The van der Waals surface area contributed by atoms with Gasteiger partial charge in [0.1, 0.15) is 4.90 Å². The molecule has 2 N–H and O–H groups in total. The van der Waals surface area contributed by atoms with E-state index in [1.165, 1.54) is 16.7 Å². The lowest BCUT2D eigenvalue weighted by atomic mass is 10.3. The van der Waals surface area contributed by atoms with Crippen LogP contribution in [0.1, 0.15) is 19.8 Å². The van der Waals surface area contributed by atoms with Crippen LogP contribution in [0.5, 0.6) is 0 Å². The van der Waals surface area contributed by atoms with Crippen molar-refractivity contribution >= 4 is 16.0 Å². The average Bonchev–Trinajstić information content (AvgIpc) is 2.43. The predicted octanol–water partition coefficient (Wildman–Crippen LogP) is 0.301. The molecule has 0 aliphatic carbocycles. The summed E-state index contributed by atoms with van der Waals surface area (Å²) in [5.74, 6) is 0.362. The molecule has 0 fully saturated rings. The van der Waals surface area contributed by atoms with E-state index in [-0.39, 0.29) is 18.0 Å². The Bertz CT molecular complexity index is 475. The summed E-state index contributed by atoms with van der Waals surface area (Å²) in [6.45, 7) is 2.23. The van der Waals surface area contributed by atoms with Crippen molar-refractivity contribution in [3.8, 4) is 0 Å². The Morgan fingerprint density at radius 3 is 2.42 bits per heavy atom. The lowest BCUT2D eigenvalue weighted by molar-refractivity contribution is 0.252. The molecule has 0 atom stereocenters. The molecule has 0 aliphatic heterocycles. The van der Waals surface area contributed by atoms with Crippen molar-refractivity contribution in [1.29, 1.82) is 0 Å². The highest BCUT2D eigenvalue weighted by Crippen LogP contribution is 2.15. The van der Waals surface area contributed by atoms with Gasteiger partial charge in [0, 0.05) is 20.1 Å². The molecule has 1 aromatic rings. The Balaban J connectivity index is 2.96. The number of rotatable bonds is 8. The van der Waals surface area contributed by atoms with Gasteiger partial charge >= 0.3 is 0 Å². The standard InChI is InChI=1S/C11H20N4O3S/c1-3-4-5-15(6-7-16)19(17,18)10-8-13-11(12-2)14-9-10/h8-9,16H,3-7H2,1-2H3,(H,12,13,14). The first-order valence-corrected chi connectivity index (χ1v) is 7.61. The summed E-state index contributed by atoms with van der Waals surface area (Å²) in [5.41, 5.74) is 0. The number of aliphatic hydroxyl groups is 1. The number of sulfonamides is 1. The van der Waals surface area contributed by atoms with Crippen LogP contribution in [0.15, 0.2) is 17.3 Å². The molecule has 19 heavy (non-hydrogen) atoms. The minimum absolute atomic E-state index is 0.0380. The Kier molecular flexibility index (Phi) is 6.13. The van der Waals surface area contributed by atoms with Crippen molar-refractivity contribution in [3.05, 3.63) is 12.4 Å². The monoisotopic (exact) mass is 288 g/mol. The van der Waals surface area contributed by atoms with E-state index < -0.39 is 10.0 Å². The van der Waals surface area contributed by atoms with E-state index in [0.717, 1.165) is 12.8 Å². The number of aliphatic hydroxyl groups excluding tert-OH is 1. The highest BCUT2D eigenvalue weighted by Gasteiger charge is 2.24. The number of hydrogen-bond donors (Lipinski definition) is 2. The Hall–Kier alpha value is -1.25. The normalized spacial score (nSPS) is 11.8. The van der Waals surface area contributed by atoms with Crippen LogP contribution in [0, 0.1) is 0 Å². The number of aromatic nitrogens is 2. The number of nitrogens with one attached hydrogen (secondary N) is 1. The van der Waals surface area contributed by atoms with Gasteiger partial charge in [-0.3, -0.25) is 0 Å². The van der Waals surface area contributed by atoms with Crippen LogP contribution in [0.2, 0.25) is 0 Å². The summed E-state index contributed by atoms with van der Waals surface area (Å²) in [4.78, 5) is 7.83. The largest absolute Gasteiger partial charge is 0.395 e. The van der Waals surface area contributed by atoms with Gasteiger partial charge in [-0.15, -0.1) is 0 Å². The zero-order chi connectivity index (χ0) is 14.3. The fourth-order valence-electron chi connectivity index (χ4n) is 1.53. The van der Waals surface area contributed by atoms with Crippen LogP contribution in [0.25, 0.3) is 0 Å². The smallest absolute Gasteiger partial charge is 0.246 e. The minimum atomic E-state index is -3.64. The molecule has 7 nitrogen and oxygen atoms in total. The lowest BCUT2D eigenvalue weighted by Crippen LogP contribution is -2.34. The molecule has 108 valence electrons. The van der Waals surface area contributed by atoms with Gasteiger partial charge in [-0.05, 0) is 6.42 Å². The molecule has 0 saturated heterocycles. The molecule has 0 unspecified atom stereocenters. The molecule has 0 aromatic carbocycles. The maximum Gasteiger partial charge on any atom is 0.246 e. The van der Waals surface area contributed by atoms with Gasteiger partial charge < -0.3 is 10.4 Å². The molecule has 8 heteroatoms. The molecular weight excluding hydrogens is 268 g/mol. The van der Waals surface area contributed by atoms with Crippen molar-refractivity contribution in [3.63, 3.8) is 0 Å². The quantitative estimate of drug-likeness (QED) is 0.714. The zero-order valence-corrected chi connectivity index (χ0v) is 12.0. The Morgan fingerprint density at radius 1 is 1.32 bits per heavy atom. The summed E-state index contributed by atoms with van der Waals surface area (Å²) in [5, 5.41) is 11.7. The predicted molar refractivity (Wildman–Crippen MR) is 72.3 cm³/mol. The van der Waals surface area contributed by atoms with E-state index in [0.29, 0.717) is 12.5 Å². The van der Waals surface area contributed by atoms with Gasteiger partial charge in [-0.1, -0.05) is 13.3 Å². The van der Waals surface area contributed by atoms with E-state index in [1.54, 1.807) is 7.05 Å². The van der Waals surface area contributed by atoms with Gasteiger partial charge in [0.25, 0.3) is 0 Å². The number of anilines is 1. The third-order valence-electron chi connectivity index (χ3n) is 2.60. The van der Waals surface area contributed by atoms with Gasteiger partial charge in [0.05, 0.1) is 19.0 Å².